The molecule has 0 saturated heterocycles. The van der Waals surface area contributed by atoms with Gasteiger partial charge < -0.3 is 0 Å². The van der Waals surface area contributed by atoms with E-state index in [-0.39, 0.29) is 5.41 Å². The van der Waals surface area contributed by atoms with Gasteiger partial charge in [-0.2, -0.15) is 0 Å². The van der Waals surface area contributed by atoms with E-state index in [1.54, 1.807) is 0 Å². The highest BCUT2D eigenvalue weighted by atomic mass is 14.4. The Morgan fingerprint density at radius 1 is 0.720 bits per heavy atom. The van der Waals surface area contributed by atoms with Crippen LogP contribution in [0.15, 0.2) is 72.8 Å². The number of hydrogen-bond donors (Lipinski definition) is 0. The number of benzene rings is 3. The zero-order chi connectivity index (χ0) is 17.6. The van der Waals surface area contributed by atoms with E-state index in [4.69, 9.17) is 0 Å². The van der Waals surface area contributed by atoms with E-state index in [0.29, 0.717) is 0 Å². The fraction of sp³-hybridized carbons (Fsp3) is 0.200. The average molecular weight is 324 g/mol. The van der Waals surface area contributed by atoms with Crippen molar-refractivity contribution in [3.63, 3.8) is 0 Å². The van der Waals surface area contributed by atoms with Crippen molar-refractivity contribution in [3.8, 4) is 0 Å². The van der Waals surface area contributed by atoms with Crippen LogP contribution < -0.4 is 0 Å². The molecule has 0 amide bonds. The van der Waals surface area contributed by atoms with Gasteiger partial charge in [0.25, 0.3) is 0 Å². The second-order valence-electron chi connectivity index (χ2n) is 7.45. The summed E-state index contributed by atoms with van der Waals surface area (Å²) in [5.41, 5.74) is 10.8. The van der Waals surface area contributed by atoms with E-state index < -0.39 is 0 Å². The molecule has 1 atom stereocenters. The van der Waals surface area contributed by atoms with Crippen LogP contribution in [-0.2, 0) is 5.41 Å². The molecule has 0 heterocycles. The maximum Gasteiger partial charge on any atom is 0.0369 e. The van der Waals surface area contributed by atoms with Crippen LogP contribution >= 0.6 is 0 Å². The molecule has 1 aliphatic carbocycles. The molecule has 3 aromatic carbocycles. The van der Waals surface area contributed by atoms with E-state index in [2.05, 4.69) is 101 Å². The molecule has 1 unspecified atom stereocenters. The topological polar surface area (TPSA) is 0 Å². The molecular formula is C25H24. The Bertz CT molecular complexity index is 953. The number of fused-ring (bicyclic) bond motifs is 1. The van der Waals surface area contributed by atoms with Gasteiger partial charge >= 0.3 is 0 Å². The second-order valence-corrected chi connectivity index (χ2v) is 7.45. The number of hydrogen-bond acceptors (Lipinski definition) is 0. The molecule has 4 rings (SSSR count). The van der Waals surface area contributed by atoms with E-state index in [1.165, 1.54) is 44.5 Å². The van der Waals surface area contributed by atoms with Crippen molar-refractivity contribution in [2.75, 3.05) is 0 Å². The molecule has 0 N–H and O–H groups in total. The van der Waals surface area contributed by atoms with Crippen LogP contribution in [0.2, 0.25) is 0 Å². The van der Waals surface area contributed by atoms with E-state index >= 15 is 0 Å². The fourth-order valence-electron chi connectivity index (χ4n) is 4.45. The first kappa shape index (κ1) is 15.9. The monoisotopic (exact) mass is 324 g/mol. The van der Waals surface area contributed by atoms with Gasteiger partial charge in [-0.25, -0.2) is 0 Å². The highest BCUT2D eigenvalue weighted by molar-refractivity contribution is 5.90. The predicted octanol–water partition coefficient (Wildman–Crippen LogP) is 6.36. The Balaban J connectivity index is 2.00. The minimum absolute atomic E-state index is 0.0864. The quantitative estimate of drug-likeness (QED) is 0.514. The van der Waals surface area contributed by atoms with E-state index in [0.717, 1.165) is 0 Å². The normalized spacial score (nSPS) is 18.8. The molecule has 25 heavy (non-hydrogen) atoms. The van der Waals surface area contributed by atoms with Crippen LogP contribution in [-0.4, -0.2) is 0 Å². The van der Waals surface area contributed by atoms with Gasteiger partial charge in [-0.15, -0.1) is 0 Å². The van der Waals surface area contributed by atoms with Gasteiger partial charge in [-0.3, -0.25) is 0 Å². The average Bonchev–Trinajstić information content (AvgIpc) is 2.90. The third-order valence-electron chi connectivity index (χ3n) is 5.53. The molecule has 3 aromatic rings. The first-order valence-electron chi connectivity index (χ1n) is 8.97. The molecule has 0 radical (unpaired) electrons. The lowest BCUT2D eigenvalue weighted by Crippen LogP contribution is -2.18. The van der Waals surface area contributed by atoms with Crippen LogP contribution in [0.3, 0.4) is 0 Å². The van der Waals surface area contributed by atoms with Crippen molar-refractivity contribution < 1.29 is 0 Å². The largest absolute Gasteiger partial charge is 0.0622 e. The summed E-state index contributed by atoms with van der Waals surface area (Å²) in [6, 6.07) is 24.3. The minimum Gasteiger partial charge on any atom is -0.0622 e. The van der Waals surface area contributed by atoms with E-state index in [9.17, 15) is 0 Å². The SMILES string of the molecule is Cc1cc(C)c(C2=CC(C)(c3ccccc3)c3ccccc32)c(C)c1. The van der Waals surface area contributed by atoms with Crippen molar-refractivity contribution in [1.29, 1.82) is 0 Å². The van der Waals surface area contributed by atoms with Crippen LogP contribution in [0.4, 0.5) is 0 Å². The fourth-order valence-corrected chi connectivity index (χ4v) is 4.45. The lowest BCUT2D eigenvalue weighted by molar-refractivity contribution is 0.738. The summed E-state index contributed by atoms with van der Waals surface area (Å²) < 4.78 is 0. The Hall–Kier alpha value is -2.60. The lowest BCUT2D eigenvalue weighted by atomic mass is 9.78. The van der Waals surface area contributed by atoms with Crippen LogP contribution in [0.25, 0.3) is 5.57 Å². The molecule has 0 spiro atoms. The highest BCUT2D eigenvalue weighted by Gasteiger charge is 2.36. The zero-order valence-electron chi connectivity index (χ0n) is 15.4. The van der Waals surface area contributed by atoms with E-state index in [1.807, 2.05) is 0 Å². The van der Waals surface area contributed by atoms with Gasteiger partial charge in [0.1, 0.15) is 0 Å². The molecule has 0 fully saturated rings. The van der Waals surface area contributed by atoms with Crippen LogP contribution in [0, 0.1) is 20.8 Å². The summed E-state index contributed by atoms with van der Waals surface area (Å²) in [4.78, 5) is 0. The van der Waals surface area contributed by atoms with Crippen molar-refractivity contribution >= 4 is 5.57 Å². The second kappa shape index (κ2) is 5.74. The number of rotatable bonds is 2. The summed E-state index contributed by atoms with van der Waals surface area (Å²) in [5, 5.41) is 0. The molecule has 0 aliphatic heterocycles. The summed E-state index contributed by atoms with van der Waals surface area (Å²) in [6.07, 6.45) is 2.47. The minimum atomic E-state index is -0.0864. The molecule has 0 heteroatoms. The van der Waals surface area contributed by atoms with Crippen molar-refractivity contribution in [3.05, 3.63) is 112 Å². The van der Waals surface area contributed by atoms with Gasteiger partial charge in [0.15, 0.2) is 0 Å². The smallest absolute Gasteiger partial charge is 0.0369 e. The number of allylic oxidation sites excluding steroid dienone is 1. The maximum atomic E-state index is 2.47. The third-order valence-corrected chi connectivity index (χ3v) is 5.53. The van der Waals surface area contributed by atoms with Gasteiger partial charge in [-0.05, 0) is 66.6 Å². The first-order valence-corrected chi connectivity index (χ1v) is 8.97. The Labute approximate surface area is 150 Å². The molecule has 124 valence electrons. The highest BCUT2D eigenvalue weighted by Crippen LogP contribution is 2.48. The molecule has 0 aromatic heterocycles. The summed E-state index contributed by atoms with van der Waals surface area (Å²) in [7, 11) is 0. The standard InChI is InChI=1S/C25H24/c1-17-14-18(2)24(19(3)15-17)22-16-25(4,20-10-6-5-7-11-20)23-13-9-8-12-21(22)23/h5-16H,1-4H3. The molecule has 0 bridgehead atoms. The summed E-state index contributed by atoms with van der Waals surface area (Å²) in [5.74, 6) is 0. The predicted molar refractivity (Wildman–Crippen MR) is 107 cm³/mol. The van der Waals surface area contributed by atoms with Gasteiger partial charge in [-0.1, -0.05) is 78.4 Å². The van der Waals surface area contributed by atoms with Crippen LogP contribution in [0.1, 0.15) is 45.9 Å². The zero-order valence-corrected chi connectivity index (χ0v) is 15.4. The number of aryl methyl sites for hydroxylation is 3. The van der Waals surface area contributed by atoms with Gasteiger partial charge in [0.2, 0.25) is 0 Å². The Kier molecular flexibility index (Phi) is 3.65. The van der Waals surface area contributed by atoms with Crippen molar-refractivity contribution in [1.82, 2.24) is 0 Å². The molecular weight excluding hydrogens is 300 g/mol. The van der Waals surface area contributed by atoms with Gasteiger partial charge in [0.05, 0.1) is 0 Å². The molecule has 0 nitrogen and oxygen atoms in total. The Morgan fingerprint density at radius 2 is 1.32 bits per heavy atom. The molecule has 0 saturated carbocycles. The first-order chi connectivity index (χ1) is 12.0. The lowest BCUT2D eigenvalue weighted by Gasteiger charge is -2.24. The summed E-state index contributed by atoms with van der Waals surface area (Å²) >= 11 is 0. The maximum absolute atomic E-state index is 2.47. The van der Waals surface area contributed by atoms with Crippen LogP contribution in [0.5, 0.6) is 0 Å². The van der Waals surface area contributed by atoms with Gasteiger partial charge in [0, 0.05) is 5.41 Å². The third kappa shape index (κ3) is 2.44. The Morgan fingerprint density at radius 3 is 2.00 bits per heavy atom. The summed E-state index contributed by atoms with van der Waals surface area (Å²) in [6.45, 7) is 8.98. The van der Waals surface area contributed by atoms with Crippen molar-refractivity contribution in [2.24, 2.45) is 0 Å². The van der Waals surface area contributed by atoms with Crippen molar-refractivity contribution in [2.45, 2.75) is 33.1 Å². The molecule has 1 aliphatic rings.